The van der Waals surface area contributed by atoms with Crippen molar-refractivity contribution in [3.63, 3.8) is 0 Å². The van der Waals surface area contributed by atoms with E-state index in [1.54, 1.807) is 12.4 Å². The number of benzene rings is 1. The maximum atomic E-state index is 11.6. The number of carbonyl (C=O) groups is 1. The minimum Gasteiger partial charge on any atom is -0.491 e. The van der Waals surface area contributed by atoms with Crippen molar-refractivity contribution in [1.29, 1.82) is 0 Å². The Hall–Kier alpha value is -2.23. The van der Waals surface area contributed by atoms with Gasteiger partial charge < -0.3 is 14.5 Å². The molecule has 0 amide bonds. The molecule has 0 atom stereocenters. The van der Waals surface area contributed by atoms with Crippen molar-refractivity contribution < 1.29 is 14.3 Å². The quantitative estimate of drug-likeness (QED) is 0.857. The number of H-pyrrole nitrogens is 1. The Kier molecular flexibility index (Phi) is 3.90. The zero-order valence-electron chi connectivity index (χ0n) is 11.3. The third kappa shape index (κ3) is 2.96. The minimum absolute atomic E-state index is 0.142. The molecule has 0 radical (unpaired) electrons. The van der Waals surface area contributed by atoms with Crippen molar-refractivity contribution in [2.75, 3.05) is 7.11 Å². The van der Waals surface area contributed by atoms with Gasteiger partial charge in [0.15, 0.2) is 0 Å². The average molecular weight is 259 g/mol. The molecule has 2 aromatic rings. The van der Waals surface area contributed by atoms with Crippen LogP contribution in [0, 0.1) is 0 Å². The Bertz CT molecular complexity index is 555. The van der Waals surface area contributed by atoms with Gasteiger partial charge in [-0.2, -0.15) is 0 Å². The largest absolute Gasteiger partial charge is 0.491 e. The van der Waals surface area contributed by atoms with Crippen LogP contribution in [0.25, 0.3) is 11.1 Å². The number of nitrogens with one attached hydrogen (secondary N) is 1. The lowest BCUT2D eigenvalue weighted by Gasteiger charge is -2.10. The number of aromatic amines is 1. The maximum Gasteiger partial charge on any atom is 0.340 e. The van der Waals surface area contributed by atoms with Crippen LogP contribution in [0.3, 0.4) is 0 Å². The van der Waals surface area contributed by atoms with E-state index in [-0.39, 0.29) is 12.1 Å². The monoisotopic (exact) mass is 259 g/mol. The normalized spacial score (nSPS) is 10.5. The van der Waals surface area contributed by atoms with Crippen LogP contribution >= 0.6 is 0 Å². The lowest BCUT2D eigenvalue weighted by Crippen LogP contribution is -2.05. The smallest absolute Gasteiger partial charge is 0.340 e. The van der Waals surface area contributed by atoms with Crippen LogP contribution in [0.1, 0.15) is 24.2 Å². The second-order valence-electron chi connectivity index (χ2n) is 4.47. The molecule has 0 aliphatic rings. The molecule has 0 aliphatic heterocycles. The zero-order chi connectivity index (χ0) is 13.8. The first-order chi connectivity index (χ1) is 9.11. The van der Waals surface area contributed by atoms with Gasteiger partial charge in [-0.25, -0.2) is 4.79 Å². The molecule has 100 valence electrons. The van der Waals surface area contributed by atoms with E-state index in [9.17, 15) is 4.79 Å². The molecular weight excluding hydrogens is 242 g/mol. The Labute approximate surface area is 112 Å². The van der Waals surface area contributed by atoms with Gasteiger partial charge in [-0.15, -0.1) is 0 Å². The fraction of sp³-hybridized carbons (Fsp3) is 0.267. The second kappa shape index (κ2) is 5.61. The molecule has 0 spiro atoms. The molecule has 0 unspecified atom stereocenters. The number of esters is 1. The molecule has 0 bridgehead atoms. The summed E-state index contributed by atoms with van der Waals surface area (Å²) in [5.41, 5.74) is 2.29. The Morgan fingerprint density at radius 3 is 2.42 bits per heavy atom. The number of methoxy groups -OCH3 is 1. The predicted octanol–water partition coefficient (Wildman–Crippen LogP) is 3.26. The number of hydrogen-bond acceptors (Lipinski definition) is 3. The Balaban J connectivity index is 2.28. The van der Waals surface area contributed by atoms with Crippen molar-refractivity contribution >= 4 is 5.97 Å². The first kappa shape index (κ1) is 13.2. The van der Waals surface area contributed by atoms with E-state index >= 15 is 0 Å². The lowest BCUT2D eigenvalue weighted by atomic mass is 10.0. The predicted molar refractivity (Wildman–Crippen MR) is 73.3 cm³/mol. The van der Waals surface area contributed by atoms with Gasteiger partial charge >= 0.3 is 5.97 Å². The summed E-state index contributed by atoms with van der Waals surface area (Å²) in [4.78, 5) is 14.5. The molecule has 1 aromatic carbocycles. The first-order valence-corrected chi connectivity index (χ1v) is 6.14. The fourth-order valence-electron chi connectivity index (χ4n) is 1.87. The van der Waals surface area contributed by atoms with Crippen LogP contribution in [0.5, 0.6) is 5.75 Å². The first-order valence-electron chi connectivity index (χ1n) is 6.14. The number of hydrogen-bond donors (Lipinski definition) is 1. The van der Waals surface area contributed by atoms with Crippen molar-refractivity contribution in [1.82, 2.24) is 4.98 Å². The molecule has 19 heavy (non-hydrogen) atoms. The molecule has 2 rings (SSSR count). The maximum absolute atomic E-state index is 11.6. The van der Waals surface area contributed by atoms with Crippen molar-refractivity contribution in [3.05, 3.63) is 42.2 Å². The second-order valence-corrected chi connectivity index (χ2v) is 4.47. The van der Waals surface area contributed by atoms with E-state index in [0.717, 1.165) is 16.9 Å². The standard InChI is InChI=1S/C15H17NO3/c1-10(2)19-12-6-4-11(5-7-12)13-8-16-9-14(13)15(17)18-3/h4-10,16H,1-3H3. The van der Waals surface area contributed by atoms with E-state index < -0.39 is 0 Å². The van der Waals surface area contributed by atoms with Gasteiger partial charge in [0, 0.05) is 18.0 Å². The number of carbonyl (C=O) groups excluding carboxylic acids is 1. The van der Waals surface area contributed by atoms with Gasteiger partial charge in [-0.05, 0) is 31.5 Å². The Morgan fingerprint density at radius 2 is 1.84 bits per heavy atom. The highest BCUT2D eigenvalue weighted by Crippen LogP contribution is 2.26. The van der Waals surface area contributed by atoms with Gasteiger partial charge in [-0.3, -0.25) is 0 Å². The van der Waals surface area contributed by atoms with Gasteiger partial charge in [0.1, 0.15) is 5.75 Å². The van der Waals surface area contributed by atoms with Crippen molar-refractivity contribution in [2.45, 2.75) is 20.0 Å². The van der Waals surface area contributed by atoms with Gasteiger partial charge in [-0.1, -0.05) is 12.1 Å². The fourth-order valence-corrected chi connectivity index (χ4v) is 1.87. The van der Waals surface area contributed by atoms with Gasteiger partial charge in [0.2, 0.25) is 0 Å². The van der Waals surface area contributed by atoms with Crippen molar-refractivity contribution in [2.24, 2.45) is 0 Å². The highest BCUT2D eigenvalue weighted by Gasteiger charge is 2.14. The van der Waals surface area contributed by atoms with Crippen LogP contribution in [0.2, 0.25) is 0 Å². The van der Waals surface area contributed by atoms with Crippen LogP contribution in [0.4, 0.5) is 0 Å². The molecule has 0 aliphatic carbocycles. The molecule has 0 saturated carbocycles. The molecule has 1 aromatic heterocycles. The summed E-state index contributed by atoms with van der Waals surface area (Å²) >= 11 is 0. The third-order valence-corrected chi connectivity index (χ3v) is 2.69. The van der Waals surface area contributed by atoms with E-state index in [4.69, 9.17) is 9.47 Å². The summed E-state index contributed by atoms with van der Waals surface area (Å²) in [6.45, 7) is 3.96. The van der Waals surface area contributed by atoms with Crippen LogP contribution < -0.4 is 4.74 Å². The van der Waals surface area contributed by atoms with Crippen LogP contribution in [-0.4, -0.2) is 24.2 Å². The van der Waals surface area contributed by atoms with E-state index in [0.29, 0.717) is 5.56 Å². The van der Waals surface area contributed by atoms with E-state index in [1.807, 2.05) is 38.1 Å². The number of rotatable bonds is 4. The van der Waals surface area contributed by atoms with Gasteiger partial charge in [0.05, 0.1) is 18.8 Å². The average Bonchev–Trinajstić information content (AvgIpc) is 2.87. The third-order valence-electron chi connectivity index (χ3n) is 2.69. The number of aromatic nitrogens is 1. The summed E-state index contributed by atoms with van der Waals surface area (Å²) in [7, 11) is 1.37. The molecule has 1 heterocycles. The SMILES string of the molecule is COC(=O)c1c[nH]cc1-c1ccc(OC(C)C)cc1. The summed E-state index contributed by atoms with van der Waals surface area (Å²) < 4.78 is 10.3. The molecule has 1 N–H and O–H groups in total. The summed E-state index contributed by atoms with van der Waals surface area (Å²) in [5.74, 6) is 0.465. The number of ether oxygens (including phenoxy) is 2. The topological polar surface area (TPSA) is 51.3 Å². The highest BCUT2D eigenvalue weighted by molar-refractivity contribution is 5.97. The molecule has 4 nitrogen and oxygen atoms in total. The summed E-state index contributed by atoms with van der Waals surface area (Å²) in [5, 5.41) is 0. The molecule has 0 fully saturated rings. The van der Waals surface area contributed by atoms with Crippen LogP contribution in [-0.2, 0) is 4.74 Å². The van der Waals surface area contributed by atoms with Crippen LogP contribution in [0.15, 0.2) is 36.7 Å². The molecular formula is C15H17NO3. The minimum atomic E-state index is -0.348. The highest BCUT2D eigenvalue weighted by atomic mass is 16.5. The zero-order valence-corrected chi connectivity index (χ0v) is 11.3. The molecule has 0 saturated heterocycles. The lowest BCUT2D eigenvalue weighted by molar-refractivity contribution is 0.0602. The Morgan fingerprint density at radius 1 is 1.16 bits per heavy atom. The van der Waals surface area contributed by atoms with Crippen molar-refractivity contribution in [3.8, 4) is 16.9 Å². The molecule has 4 heteroatoms. The van der Waals surface area contributed by atoms with Gasteiger partial charge in [0.25, 0.3) is 0 Å². The van der Waals surface area contributed by atoms with E-state index in [1.165, 1.54) is 7.11 Å². The summed E-state index contributed by atoms with van der Waals surface area (Å²) in [6.07, 6.45) is 3.56. The van der Waals surface area contributed by atoms with E-state index in [2.05, 4.69) is 4.98 Å². The summed E-state index contributed by atoms with van der Waals surface area (Å²) in [6, 6.07) is 7.63.